The maximum absolute atomic E-state index is 13.6. The van der Waals surface area contributed by atoms with Crippen LogP contribution in [0.25, 0.3) is 0 Å². The van der Waals surface area contributed by atoms with Crippen molar-refractivity contribution in [2.24, 2.45) is 5.73 Å². The number of phosphoric ester groups is 1. The Hall–Kier alpha value is -1.65. The van der Waals surface area contributed by atoms with Gasteiger partial charge in [0.05, 0.1) is 30.9 Å². The summed E-state index contributed by atoms with van der Waals surface area (Å²) in [6, 6.07) is 10.8. The minimum Gasteiger partial charge on any atom is -0.493 e. The molecule has 0 bridgehead atoms. The van der Waals surface area contributed by atoms with E-state index in [0.29, 0.717) is 17.9 Å². The molecule has 1 unspecified atom stereocenters. The summed E-state index contributed by atoms with van der Waals surface area (Å²) >= 11 is 5.92. The standard InChI is InChI=1S/C21H26ClF3NO6P/c22-17-5-1-3-15(11-17)4-2-10-31-19-7-6-16(12-18(19)21(23,24)25)8-9-20(26,13-27)14-32-33(28,29)30/h1,3,5-7,11-12,27H,2,4,8-10,13-14,26H2,(H2,28,29,30). The van der Waals surface area contributed by atoms with Crippen LogP contribution in [0.15, 0.2) is 42.5 Å². The monoisotopic (exact) mass is 511 g/mol. The number of halogens is 4. The van der Waals surface area contributed by atoms with Gasteiger partial charge in [-0.15, -0.1) is 0 Å². The van der Waals surface area contributed by atoms with Crippen molar-refractivity contribution in [3.05, 3.63) is 64.2 Å². The second kappa shape index (κ2) is 11.7. The molecule has 0 radical (unpaired) electrons. The van der Waals surface area contributed by atoms with Crippen LogP contribution in [0.5, 0.6) is 5.75 Å². The predicted molar refractivity (Wildman–Crippen MR) is 117 cm³/mol. The van der Waals surface area contributed by atoms with Crippen LogP contribution in [-0.4, -0.2) is 40.3 Å². The first-order valence-electron chi connectivity index (χ1n) is 9.98. The lowest BCUT2D eigenvalue weighted by molar-refractivity contribution is -0.139. The smallest absolute Gasteiger partial charge is 0.469 e. The fourth-order valence-electron chi connectivity index (χ4n) is 3.03. The molecule has 1 atom stereocenters. The van der Waals surface area contributed by atoms with Gasteiger partial charge >= 0.3 is 14.0 Å². The average Bonchev–Trinajstić information content (AvgIpc) is 2.73. The molecule has 0 heterocycles. The largest absolute Gasteiger partial charge is 0.493 e. The van der Waals surface area contributed by atoms with Gasteiger partial charge in [0.25, 0.3) is 0 Å². The molecule has 0 saturated carbocycles. The van der Waals surface area contributed by atoms with Crippen LogP contribution in [-0.2, 0) is 28.1 Å². The molecule has 0 aliphatic heterocycles. The molecule has 0 spiro atoms. The molecule has 0 aliphatic rings. The third-order valence-corrected chi connectivity index (χ3v) is 5.55. The lowest BCUT2D eigenvalue weighted by Gasteiger charge is -2.27. The molecule has 2 aromatic rings. The van der Waals surface area contributed by atoms with Gasteiger partial charge < -0.3 is 25.4 Å². The first kappa shape index (κ1) is 27.6. The highest BCUT2D eigenvalue weighted by molar-refractivity contribution is 7.46. The highest BCUT2D eigenvalue weighted by Gasteiger charge is 2.35. The molecule has 0 amide bonds. The van der Waals surface area contributed by atoms with E-state index < -0.39 is 38.3 Å². The number of benzene rings is 2. The number of aliphatic hydroxyl groups excluding tert-OH is 1. The number of hydrogen-bond acceptors (Lipinski definition) is 5. The molecule has 184 valence electrons. The summed E-state index contributed by atoms with van der Waals surface area (Å²) in [5.74, 6) is -0.302. The molecule has 0 aliphatic carbocycles. The van der Waals surface area contributed by atoms with Crippen molar-refractivity contribution in [2.75, 3.05) is 19.8 Å². The van der Waals surface area contributed by atoms with Gasteiger partial charge in [0.15, 0.2) is 0 Å². The number of aliphatic hydroxyl groups is 1. The summed E-state index contributed by atoms with van der Waals surface area (Å²) in [6.07, 6.45) is -3.62. The Morgan fingerprint density at radius 3 is 2.36 bits per heavy atom. The SMILES string of the molecule is NC(CO)(CCc1ccc(OCCCc2cccc(Cl)c2)c(C(F)(F)F)c1)COP(=O)(O)O. The Kier molecular flexibility index (Phi) is 9.75. The summed E-state index contributed by atoms with van der Waals surface area (Å²) in [5, 5.41) is 10.0. The second-order valence-corrected chi connectivity index (χ2v) is 9.37. The van der Waals surface area contributed by atoms with Crippen LogP contribution in [0.4, 0.5) is 13.2 Å². The summed E-state index contributed by atoms with van der Waals surface area (Å²) in [7, 11) is -4.81. The van der Waals surface area contributed by atoms with Gasteiger partial charge in [-0.3, -0.25) is 4.52 Å². The first-order valence-corrected chi connectivity index (χ1v) is 11.9. The molecule has 0 fully saturated rings. The van der Waals surface area contributed by atoms with Crippen molar-refractivity contribution >= 4 is 19.4 Å². The number of phosphoric acid groups is 1. The first-order chi connectivity index (χ1) is 15.3. The van der Waals surface area contributed by atoms with E-state index in [1.807, 2.05) is 6.07 Å². The third kappa shape index (κ3) is 9.62. The zero-order valence-electron chi connectivity index (χ0n) is 17.6. The van der Waals surface area contributed by atoms with Crippen molar-refractivity contribution in [1.82, 2.24) is 0 Å². The van der Waals surface area contributed by atoms with Gasteiger partial charge in [-0.1, -0.05) is 29.8 Å². The fourth-order valence-corrected chi connectivity index (χ4v) is 3.67. The van der Waals surface area contributed by atoms with Gasteiger partial charge in [-0.25, -0.2) is 4.57 Å². The Morgan fingerprint density at radius 1 is 1.06 bits per heavy atom. The zero-order valence-corrected chi connectivity index (χ0v) is 19.2. The minimum absolute atomic E-state index is 0.0136. The van der Waals surface area contributed by atoms with Crippen molar-refractivity contribution in [3.63, 3.8) is 0 Å². The summed E-state index contributed by atoms with van der Waals surface area (Å²) < 4.78 is 61.3. The van der Waals surface area contributed by atoms with Gasteiger partial charge in [-0.05, 0) is 61.1 Å². The van der Waals surface area contributed by atoms with E-state index in [0.717, 1.165) is 11.6 Å². The lowest BCUT2D eigenvalue weighted by Crippen LogP contribution is -2.48. The van der Waals surface area contributed by atoms with E-state index in [1.165, 1.54) is 12.1 Å². The molecular formula is C21H26ClF3NO6P. The number of ether oxygens (including phenoxy) is 1. The highest BCUT2D eigenvalue weighted by Crippen LogP contribution is 2.38. The number of nitrogens with two attached hydrogens (primary N) is 1. The van der Waals surface area contributed by atoms with Crippen LogP contribution in [0, 0.1) is 0 Å². The van der Waals surface area contributed by atoms with Crippen molar-refractivity contribution in [2.45, 2.75) is 37.4 Å². The Balaban J connectivity index is 2.02. The zero-order chi connectivity index (χ0) is 24.7. The normalized spacial score (nSPS) is 14.2. The summed E-state index contributed by atoms with van der Waals surface area (Å²) in [5.41, 5.74) is 4.62. The predicted octanol–water partition coefficient (Wildman–Crippen LogP) is 4.10. The van der Waals surface area contributed by atoms with Crippen molar-refractivity contribution in [3.8, 4) is 5.75 Å². The van der Waals surface area contributed by atoms with E-state index in [4.69, 9.17) is 31.9 Å². The van der Waals surface area contributed by atoms with Crippen molar-refractivity contribution in [1.29, 1.82) is 0 Å². The van der Waals surface area contributed by atoms with Gasteiger partial charge in [-0.2, -0.15) is 13.2 Å². The topological polar surface area (TPSA) is 122 Å². The number of hydrogen-bond donors (Lipinski definition) is 4. The van der Waals surface area contributed by atoms with Gasteiger partial charge in [0.2, 0.25) is 0 Å². The number of aryl methyl sites for hydroxylation is 2. The lowest BCUT2D eigenvalue weighted by atomic mass is 9.93. The molecule has 7 nitrogen and oxygen atoms in total. The molecule has 0 saturated heterocycles. The van der Waals surface area contributed by atoms with Crippen LogP contribution in [0.1, 0.15) is 29.5 Å². The molecule has 2 rings (SSSR count). The second-order valence-electron chi connectivity index (χ2n) is 7.69. The Labute approximate surface area is 194 Å². The van der Waals surface area contributed by atoms with Crippen LogP contribution >= 0.6 is 19.4 Å². The van der Waals surface area contributed by atoms with E-state index >= 15 is 0 Å². The number of rotatable bonds is 12. The van der Waals surface area contributed by atoms with Crippen molar-refractivity contribution < 1.29 is 41.9 Å². The van der Waals surface area contributed by atoms with Gasteiger partial charge in [0.1, 0.15) is 5.75 Å². The molecule has 12 heteroatoms. The van der Waals surface area contributed by atoms with Crippen LogP contribution in [0.3, 0.4) is 0 Å². The molecule has 2 aromatic carbocycles. The summed E-state index contributed by atoms with van der Waals surface area (Å²) in [4.78, 5) is 17.6. The van der Waals surface area contributed by atoms with E-state index in [-0.39, 0.29) is 30.8 Å². The third-order valence-electron chi connectivity index (χ3n) is 4.85. The highest BCUT2D eigenvalue weighted by atomic mass is 35.5. The molecule has 0 aromatic heterocycles. The van der Waals surface area contributed by atoms with E-state index in [2.05, 4.69) is 4.52 Å². The van der Waals surface area contributed by atoms with E-state index in [9.17, 15) is 22.8 Å². The Bertz CT molecular complexity index is 971. The maximum atomic E-state index is 13.6. The average molecular weight is 512 g/mol. The number of alkyl halides is 3. The summed E-state index contributed by atoms with van der Waals surface area (Å²) in [6.45, 7) is -1.26. The molecule has 5 N–H and O–H groups in total. The molecular weight excluding hydrogens is 486 g/mol. The van der Waals surface area contributed by atoms with Crippen LogP contribution < -0.4 is 10.5 Å². The fraction of sp³-hybridized carbons (Fsp3) is 0.429. The Morgan fingerprint density at radius 2 is 1.76 bits per heavy atom. The quantitative estimate of drug-likeness (QED) is 0.250. The van der Waals surface area contributed by atoms with Gasteiger partial charge in [0, 0.05) is 5.02 Å². The van der Waals surface area contributed by atoms with Crippen LogP contribution in [0.2, 0.25) is 5.02 Å². The maximum Gasteiger partial charge on any atom is 0.469 e. The minimum atomic E-state index is -4.81. The van der Waals surface area contributed by atoms with E-state index in [1.54, 1.807) is 18.2 Å². The molecule has 33 heavy (non-hydrogen) atoms.